The number of hydrogen-bond acceptors (Lipinski definition) is 6. The molecule has 0 amide bonds. The minimum absolute atomic E-state index is 0.130. The van der Waals surface area contributed by atoms with Crippen molar-refractivity contribution in [3.05, 3.63) is 11.5 Å². The molecular formula is C6H11NO5. The van der Waals surface area contributed by atoms with E-state index in [1.165, 1.54) is 0 Å². The first kappa shape index (κ1) is 9.27. The maximum absolute atomic E-state index is 9.10. The predicted octanol–water partition coefficient (Wildman–Crippen LogP) is -1.65. The Morgan fingerprint density at radius 2 is 2.00 bits per heavy atom. The number of aliphatic hydroxyl groups is 4. The Hall–Kier alpha value is -0.820. The summed E-state index contributed by atoms with van der Waals surface area (Å²) in [6.45, 7) is -0.130. The van der Waals surface area contributed by atoms with Crippen molar-refractivity contribution in [3.63, 3.8) is 0 Å². The maximum atomic E-state index is 9.10. The van der Waals surface area contributed by atoms with Gasteiger partial charge in [0.05, 0.1) is 6.10 Å². The zero-order chi connectivity index (χ0) is 9.30. The molecule has 0 aromatic carbocycles. The molecule has 0 saturated carbocycles. The summed E-state index contributed by atoms with van der Waals surface area (Å²) in [6.07, 6.45) is -3.84. The van der Waals surface area contributed by atoms with Crippen molar-refractivity contribution < 1.29 is 25.2 Å². The van der Waals surface area contributed by atoms with Gasteiger partial charge in [0.2, 0.25) is 6.29 Å². The lowest BCUT2D eigenvalue weighted by Crippen LogP contribution is -2.35. The van der Waals surface area contributed by atoms with Gasteiger partial charge in [0, 0.05) is 6.54 Å². The third kappa shape index (κ3) is 1.37. The van der Waals surface area contributed by atoms with Gasteiger partial charge in [-0.25, -0.2) is 0 Å². The summed E-state index contributed by atoms with van der Waals surface area (Å²) in [4.78, 5) is 0. The first-order chi connectivity index (χ1) is 5.57. The lowest BCUT2D eigenvalue weighted by Gasteiger charge is -2.15. The van der Waals surface area contributed by atoms with Crippen LogP contribution in [0.2, 0.25) is 0 Å². The summed E-state index contributed by atoms with van der Waals surface area (Å²) >= 11 is 0. The number of ether oxygens (including phenoxy) is 1. The zero-order valence-corrected chi connectivity index (χ0v) is 6.21. The molecule has 1 heterocycles. The van der Waals surface area contributed by atoms with Crippen LogP contribution in [0.3, 0.4) is 0 Å². The van der Waals surface area contributed by atoms with Crippen molar-refractivity contribution in [1.82, 2.24) is 0 Å². The van der Waals surface area contributed by atoms with Gasteiger partial charge in [0.25, 0.3) is 0 Å². The topological polar surface area (TPSA) is 116 Å². The summed E-state index contributed by atoms with van der Waals surface area (Å²) in [7, 11) is 0. The highest BCUT2D eigenvalue weighted by Crippen LogP contribution is 2.23. The molecule has 70 valence electrons. The Morgan fingerprint density at radius 3 is 2.33 bits per heavy atom. The van der Waals surface area contributed by atoms with Gasteiger partial charge >= 0.3 is 0 Å². The Labute approximate surface area is 68.5 Å². The van der Waals surface area contributed by atoms with Crippen LogP contribution >= 0.6 is 0 Å². The van der Waals surface area contributed by atoms with E-state index < -0.39 is 30.0 Å². The van der Waals surface area contributed by atoms with Gasteiger partial charge in [-0.3, -0.25) is 0 Å². The van der Waals surface area contributed by atoms with E-state index in [9.17, 15) is 0 Å². The van der Waals surface area contributed by atoms with Crippen molar-refractivity contribution in [2.75, 3.05) is 6.54 Å². The predicted molar refractivity (Wildman–Crippen MR) is 38.2 cm³/mol. The second-order valence-corrected chi connectivity index (χ2v) is 2.48. The molecule has 1 unspecified atom stereocenters. The molecule has 1 aliphatic rings. The van der Waals surface area contributed by atoms with E-state index in [1.807, 2.05) is 0 Å². The lowest BCUT2D eigenvalue weighted by molar-refractivity contribution is -0.126. The van der Waals surface area contributed by atoms with Gasteiger partial charge in [0.1, 0.15) is 6.10 Å². The normalized spacial score (nSPS) is 32.6. The van der Waals surface area contributed by atoms with E-state index in [1.54, 1.807) is 0 Å². The fourth-order valence-corrected chi connectivity index (χ4v) is 0.937. The molecule has 0 aliphatic carbocycles. The van der Waals surface area contributed by atoms with E-state index >= 15 is 0 Å². The summed E-state index contributed by atoms with van der Waals surface area (Å²) < 4.78 is 4.59. The Morgan fingerprint density at radius 1 is 1.42 bits per heavy atom. The minimum Gasteiger partial charge on any atom is -0.506 e. The average molecular weight is 177 g/mol. The fraction of sp³-hybridized carbons (Fsp3) is 0.667. The molecule has 0 aromatic heterocycles. The lowest BCUT2D eigenvalue weighted by atomic mass is 10.2. The molecule has 0 spiro atoms. The fourth-order valence-electron chi connectivity index (χ4n) is 0.937. The minimum atomic E-state index is -1.57. The molecule has 0 aromatic rings. The largest absolute Gasteiger partial charge is 0.506 e. The zero-order valence-electron chi connectivity index (χ0n) is 6.21. The molecule has 3 atom stereocenters. The third-order valence-electron chi connectivity index (χ3n) is 1.63. The molecule has 1 rings (SSSR count). The van der Waals surface area contributed by atoms with Crippen LogP contribution in [0.25, 0.3) is 0 Å². The molecule has 6 nitrogen and oxygen atoms in total. The van der Waals surface area contributed by atoms with Crippen LogP contribution < -0.4 is 5.73 Å². The maximum Gasteiger partial charge on any atom is 0.218 e. The van der Waals surface area contributed by atoms with Crippen molar-refractivity contribution in [2.45, 2.75) is 18.5 Å². The average Bonchev–Trinajstić information content (AvgIpc) is 2.32. The van der Waals surface area contributed by atoms with Gasteiger partial charge in [-0.05, 0) is 0 Å². The highest BCUT2D eigenvalue weighted by molar-refractivity contribution is 5.14. The van der Waals surface area contributed by atoms with Crippen LogP contribution in [0.1, 0.15) is 0 Å². The molecule has 0 bridgehead atoms. The van der Waals surface area contributed by atoms with E-state index in [0.717, 1.165) is 0 Å². The van der Waals surface area contributed by atoms with Crippen molar-refractivity contribution in [3.8, 4) is 0 Å². The first-order valence-corrected chi connectivity index (χ1v) is 3.41. The van der Waals surface area contributed by atoms with Crippen LogP contribution in [0.4, 0.5) is 0 Å². The molecular weight excluding hydrogens is 166 g/mol. The first-order valence-electron chi connectivity index (χ1n) is 3.41. The quantitative estimate of drug-likeness (QED) is 0.345. The Bertz CT molecular complexity index is 204. The Kier molecular flexibility index (Phi) is 2.53. The van der Waals surface area contributed by atoms with Crippen LogP contribution in [0, 0.1) is 0 Å². The monoisotopic (exact) mass is 177 g/mol. The molecule has 1 aliphatic heterocycles. The third-order valence-corrected chi connectivity index (χ3v) is 1.63. The molecule has 6 N–H and O–H groups in total. The van der Waals surface area contributed by atoms with Gasteiger partial charge in [-0.2, -0.15) is 0 Å². The number of nitrogens with two attached hydrogens (primary N) is 1. The highest BCUT2D eigenvalue weighted by Gasteiger charge is 2.37. The van der Waals surface area contributed by atoms with Crippen LogP contribution in [0.15, 0.2) is 11.5 Å². The molecule has 12 heavy (non-hydrogen) atoms. The van der Waals surface area contributed by atoms with Crippen LogP contribution in [0.5, 0.6) is 0 Å². The number of hydrogen-bond donors (Lipinski definition) is 5. The second kappa shape index (κ2) is 3.28. The Balaban J connectivity index is 2.73. The summed E-state index contributed by atoms with van der Waals surface area (Å²) in [5, 5.41) is 35.9. The van der Waals surface area contributed by atoms with E-state index in [2.05, 4.69) is 4.74 Å². The molecule has 6 heteroatoms. The van der Waals surface area contributed by atoms with Gasteiger partial charge in [-0.15, -0.1) is 0 Å². The number of aliphatic hydroxyl groups excluding tert-OH is 4. The SMILES string of the molecule is NC[C@H](O)[C@H]1OC(O)C(O)=C1O. The van der Waals surface area contributed by atoms with Crippen molar-refractivity contribution in [1.29, 1.82) is 0 Å². The molecule has 0 radical (unpaired) electrons. The smallest absolute Gasteiger partial charge is 0.218 e. The van der Waals surface area contributed by atoms with Gasteiger partial charge < -0.3 is 30.9 Å². The summed E-state index contributed by atoms with van der Waals surface area (Å²) in [5.74, 6) is -1.24. The van der Waals surface area contributed by atoms with E-state index in [0.29, 0.717) is 0 Å². The summed E-state index contributed by atoms with van der Waals surface area (Å²) in [6, 6.07) is 0. The number of rotatable bonds is 2. The van der Waals surface area contributed by atoms with Crippen LogP contribution in [-0.4, -0.2) is 45.5 Å². The van der Waals surface area contributed by atoms with Gasteiger partial charge in [0.15, 0.2) is 11.5 Å². The molecule has 0 saturated heterocycles. The summed E-state index contributed by atoms with van der Waals surface area (Å²) in [5.41, 5.74) is 5.08. The van der Waals surface area contributed by atoms with Crippen molar-refractivity contribution in [2.24, 2.45) is 5.73 Å². The van der Waals surface area contributed by atoms with Crippen LogP contribution in [-0.2, 0) is 4.74 Å². The van der Waals surface area contributed by atoms with E-state index in [4.69, 9.17) is 26.2 Å². The highest BCUT2D eigenvalue weighted by atomic mass is 16.6. The van der Waals surface area contributed by atoms with Gasteiger partial charge in [-0.1, -0.05) is 0 Å². The van der Waals surface area contributed by atoms with E-state index in [-0.39, 0.29) is 6.54 Å². The standard InChI is InChI=1S/C6H11NO5/c7-1-2(8)5-3(9)4(10)6(11)12-5/h2,5-6,8-11H,1,7H2/t2-,5+,6?/m0/s1. The molecule has 0 fully saturated rings. The van der Waals surface area contributed by atoms with Crippen molar-refractivity contribution >= 4 is 0 Å². The second-order valence-electron chi connectivity index (χ2n) is 2.48.